The van der Waals surface area contributed by atoms with E-state index in [1.165, 1.54) is 5.56 Å². The number of nitrogens with zero attached hydrogens (tertiary/aromatic N) is 3. The molecule has 0 saturated carbocycles. The van der Waals surface area contributed by atoms with Gasteiger partial charge in [-0.2, -0.15) is 0 Å². The summed E-state index contributed by atoms with van der Waals surface area (Å²) in [5, 5.41) is 6.86. The van der Waals surface area contributed by atoms with Crippen LogP contribution in [0.4, 0.5) is 17.2 Å². The number of benzene rings is 2. The van der Waals surface area contributed by atoms with E-state index in [0.29, 0.717) is 24.5 Å². The molecule has 1 unspecified atom stereocenters. The highest BCUT2D eigenvalue weighted by Gasteiger charge is 2.37. The van der Waals surface area contributed by atoms with Crippen LogP contribution in [0.1, 0.15) is 23.1 Å². The number of fused-ring (bicyclic) bond motifs is 1. The van der Waals surface area contributed by atoms with Crippen LogP contribution in [0.25, 0.3) is 0 Å². The van der Waals surface area contributed by atoms with Gasteiger partial charge in [-0.05, 0) is 42.3 Å². The lowest BCUT2D eigenvalue weighted by atomic mass is 9.88. The van der Waals surface area contributed by atoms with Crippen LogP contribution in [0.2, 0.25) is 0 Å². The highest BCUT2D eigenvalue weighted by atomic mass is 15.2. The fraction of sp³-hybridized carbons (Fsp3) is 0.148. The molecular formula is C27H27N7. The number of anilines is 3. The Bertz CT molecular complexity index is 1280. The number of para-hydroxylation sites is 1. The number of pyridine rings is 2. The van der Waals surface area contributed by atoms with Crippen molar-refractivity contribution in [1.29, 1.82) is 0 Å². The van der Waals surface area contributed by atoms with E-state index in [0.717, 1.165) is 22.5 Å². The van der Waals surface area contributed by atoms with Crippen molar-refractivity contribution in [2.24, 2.45) is 16.5 Å². The van der Waals surface area contributed by atoms with Gasteiger partial charge in [0.15, 0.2) is 5.82 Å². The Morgan fingerprint density at radius 2 is 1.59 bits per heavy atom. The minimum absolute atomic E-state index is 0.181. The number of hydrogen-bond acceptors (Lipinski definition) is 7. The molecule has 7 heteroatoms. The Labute approximate surface area is 199 Å². The molecule has 0 aliphatic carbocycles. The topological polar surface area (TPSA) is 114 Å². The van der Waals surface area contributed by atoms with E-state index in [1.54, 1.807) is 18.6 Å². The first-order chi connectivity index (χ1) is 16.6. The molecule has 6 N–H and O–H groups in total. The summed E-state index contributed by atoms with van der Waals surface area (Å²) in [6.45, 7) is 0. The quantitative estimate of drug-likeness (QED) is 0.337. The zero-order valence-corrected chi connectivity index (χ0v) is 18.7. The molecule has 34 heavy (non-hydrogen) atoms. The largest absolute Gasteiger partial charge is 0.338 e. The summed E-state index contributed by atoms with van der Waals surface area (Å²) in [6, 6.07) is 25.7. The highest BCUT2D eigenvalue weighted by molar-refractivity contribution is 6.11. The lowest BCUT2D eigenvalue weighted by Crippen LogP contribution is -2.46. The van der Waals surface area contributed by atoms with Gasteiger partial charge in [0.2, 0.25) is 0 Å². The number of nitrogens with one attached hydrogen (secondary N) is 2. The third-order valence-electron chi connectivity index (χ3n) is 5.88. The minimum atomic E-state index is -1.02. The van der Waals surface area contributed by atoms with Crippen molar-refractivity contribution in [2.75, 3.05) is 10.6 Å². The third kappa shape index (κ3) is 4.66. The SMILES string of the molecule is N[C@H](Cc1ccccc1)CC1(N)N=C(c2ccncc2)Nc2c1ccnc2Nc1ccccc1. The molecule has 0 radical (unpaired) electrons. The van der Waals surface area contributed by atoms with Crippen LogP contribution in [-0.4, -0.2) is 21.8 Å². The van der Waals surface area contributed by atoms with Gasteiger partial charge in [0, 0.05) is 47.9 Å². The summed E-state index contributed by atoms with van der Waals surface area (Å²) in [5.41, 5.74) is 17.3. The molecule has 0 fully saturated rings. The van der Waals surface area contributed by atoms with Crippen molar-refractivity contribution >= 4 is 23.0 Å². The first-order valence-corrected chi connectivity index (χ1v) is 11.3. The summed E-state index contributed by atoms with van der Waals surface area (Å²) >= 11 is 0. The first kappa shape index (κ1) is 21.8. The van der Waals surface area contributed by atoms with E-state index in [4.69, 9.17) is 16.5 Å². The molecule has 3 heterocycles. The maximum atomic E-state index is 7.04. The zero-order chi connectivity index (χ0) is 23.4. The van der Waals surface area contributed by atoms with E-state index in [1.807, 2.05) is 66.7 Å². The van der Waals surface area contributed by atoms with Gasteiger partial charge in [-0.3, -0.25) is 4.98 Å². The van der Waals surface area contributed by atoms with E-state index in [-0.39, 0.29) is 6.04 Å². The molecule has 0 bridgehead atoms. The number of rotatable bonds is 7. The molecule has 2 aromatic carbocycles. The molecule has 170 valence electrons. The average molecular weight is 450 g/mol. The normalized spacial score (nSPS) is 17.8. The van der Waals surface area contributed by atoms with E-state index in [2.05, 4.69) is 32.7 Å². The second-order valence-electron chi connectivity index (χ2n) is 8.47. The predicted octanol–water partition coefficient (Wildman–Crippen LogP) is 4.16. The van der Waals surface area contributed by atoms with Crippen molar-refractivity contribution in [3.05, 3.63) is 114 Å². The van der Waals surface area contributed by atoms with Crippen LogP contribution >= 0.6 is 0 Å². The number of nitrogens with two attached hydrogens (primary N) is 2. The summed E-state index contributed by atoms with van der Waals surface area (Å²) in [4.78, 5) is 13.7. The lowest BCUT2D eigenvalue weighted by Gasteiger charge is -2.36. The van der Waals surface area contributed by atoms with Gasteiger partial charge < -0.3 is 22.1 Å². The predicted molar refractivity (Wildman–Crippen MR) is 137 cm³/mol. The van der Waals surface area contributed by atoms with Crippen LogP contribution in [-0.2, 0) is 12.1 Å². The van der Waals surface area contributed by atoms with Gasteiger partial charge in [-0.15, -0.1) is 0 Å². The monoisotopic (exact) mass is 449 g/mol. The smallest absolute Gasteiger partial charge is 0.154 e. The summed E-state index contributed by atoms with van der Waals surface area (Å²) in [7, 11) is 0. The van der Waals surface area contributed by atoms with Crippen molar-refractivity contribution in [2.45, 2.75) is 24.5 Å². The second kappa shape index (κ2) is 9.43. The molecule has 5 rings (SSSR count). The van der Waals surface area contributed by atoms with Gasteiger partial charge >= 0.3 is 0 Å². The maximum absolute atomic E-state index is 7.04. The fourth-order valence-electron chi connectivity index (χ4n) is 4.30. The Morgan fingerprint density at radius 3 is 2.32 bits per heavy atom. The molecule has 1 aliphatic heterocycles. The van der Waals surface area contributed by atoms with Crippen LogP contribution in [0.5, 0.6) is 0 Å². The summed E-state index contributed by atoms with van der Waals surface area (Å²) in [5.74, 6) is 1.34. The van der Waals surface area contributed by atoms with Crippen molar-refractivity contribution < 1.29 is 0 Å². The Hall–Kier alpha value is -4.07. The molecule has 7 nitrogen and oxygen atoms in total. The van der Waals surface area contributed by atoms with Crippen LogP contribution in [0.15, 0.2) is 102 Å². The Balaban J connectivity index is 1.53. The fourth-order valence-corrected chi connectivity index (χ4v) is 4.30. The molecule has 0 saturated heterocycles. The van der Waals surface area contributed by atoms with E-state index < -0.39 is 5.66 Å². The van der Waals surface area contributed by atoms with Gasteiger partial charge in [-0.25, -0.2) is 9.98 Å². The van der Waals surface area contributed by atoms with Crippen LogP contribution in [0.3, 0.4) is 0 Å². The lowest BCUT2D eigenvalue weighted by molar-refractivity contribution is 0.382. The van der Waals surface area contributed by atoms with Crippen molar-refractivity contribution in [3.8, 4) is 0 Å². The van der Waals surface area contributed by atoms with Gasteiger partial charge in [0.05, 0.1) is 5.69 Å². The maximum Gasteiger partial charge on any atom is 0.154 e. The number of hydrogen-bond donors (Lipinski definition) is 4. The number of aliphatic imine (C=N–C) groups is 1. The molecule has 0 amide bonds. The molecule has 4 aromatic rings. The second-order valence-corrected chi connectivity index (χ2v) is 8.47. The van der Waals surface area contributed by atoms with Gasteiger partial charge in [0.25, 0.3) is 0 Å². The van der Waals surface area contributed by atoms with Crippen molar-refractivity contribution in [1.82, 2.24) is 9.97 Å². The number of aromatic nitrogens is 2. The van der Waals surface area contributed by atoms with Crippen LogP contribution in [0, 0.1) is 0 Å². The minimum Gasteiger partial charge on any atom is -0.338 e. The summed E-state index contributed by atoms with van der Waals surface area (Å²) < 4.78 is 0. The highest BCUT2D eigenvalue weighted by Crippen LogP contribution is 2.40. The van der Waals surface area contributed by atoms with Crippen molar-refractivity contribution in [3.63, 3.8) is 0 Å². The third-order valence-corrected chi connectivity index (χ3v) is 5.88. The molecule has 1 aliphatic rings. The van der Waals surface area contributed by atoms with Crippen LogP contribution < -0.4 is 22.1 Å². The van der Waals surface area contributed by atoms with E-state index >= 15 is 0 Å². The molecule has 2 atom stereocenters. The standard InChI is InChI=1S/C27H27N7/c28-21(17-19-7-3-1-4-8-19)18-27(29)23-13-16-31-26(32-22-9-5-2-6-10-22)24(23)33-25(34-27)20-11-14-30-15-12-20/h1-16,21H,17-18,28-29H2,(H,31,32)(H,33,34)/t21-,27?/m1/s1. The Morgan fingerprint density at radius 1 is 0.882 bits per heavy atom. The molecule has 2 aromatic heterocycles. The van der Waals surface area contributed by atoms with Gasteiger partial charge in [-0.1, -0.05) is 48.5 Å². The first-order valence-electron chi connectivity index (χ1n) is 11.3. The van der Waals surface area contributed by atoms with Gasteiger partial charge in [0.1, 0.15) is 11.5 Å². The van der Waals surface area contributed by atoms with E-state index in [9.17, 15) is 0 Å². The Kier molecular flexibility index (Phi) is 6.03. The number of amidine groups is 1. The zero-order valence-electron chi connectivity index (χ0n) is 18.7. The summed E-state index contributed by atoms with van der Waals surface area (Å²) in [6.07, 6.45) is 6.41. The molecular weight excluding hydrogens is 422 g/mol. The average Bonchev–Trinajstić information content (AvgIpc) is 2.86. The molecule has 0 spiro atoms.